The van der Waals surface area contributed by atoms with Crippen LogP contribution in [0.5, 0.6) is 0 Å². The van der Waals surface area contributed by atoms with E-state index in [2.05, 4.69) is 10.6 Å². The minimum atomic E-state index is -0.0753. The fourth-order valence-electron chi connectivity index (χ4n) is 1.71. The molecule has 0 aliphatic heterocycles. The molecule has 0 aliphatic rings. The Kier molecular flexibility index (Phi) is 6.84. The summed E-state index contributed by atoms with van der Waals surface area (Å²) in [6.45, 7) is 2.20. The third-order valence-electron chi connectivity index (χ3n) is 2.74. The van der Waals surface area contributed by atoms with Gasteiger partial charge in [0.2, 0.25) is 11.8 Å². The smallest absolute Gasteiger partial charge is 0.238 e. The van der Waals surface area contributed by atoms with E-state index in [1.807, 2.05) is 21.0 Å². The van der Waals surface area contributed by atoms with Crippen molar-refractivity contribution in [1.29, 1.82) is 0 Å². The number of carbonyl (C=O) groups excluding carboxylic acids is 2. The summed E-state index contributed by atoms with van der Waals surface area (Å²) in [5, 5.41) is 5.58. The van der Waals surface area contributed by atoms with E-state index in [9.17, 15) is 9.59 Å². The summed E-state index contributed by atoms with van der Waals surface area (Å²) in [5.41, 5.74) is 7.02. The number of amides is 2. The molecule has 2 amide bonds. The van der Waals surface area contributed by atoms with Crippen molar-refractivity contribution in [3.05, 3.63) is 24.3 Å². The maximum atomic E-state index is 11.7. The van der Waals surface area contributed by atoms with Gasteiger partial charge in [0, 0.05) is 23.8 Å². The lowest BCUT2D eigenvalue weighted by atomic mass is 10.2. The van der Waals surface area contributed by atoms with Crippen molar-refractivity contribution in [2.75, 3.05) is 31.3 Å². The summed E-state index contributed by atoms with van der Waals surface area (Å²) in [6, 6.07) is 7.05. The normalized spacial score (nSPS) is 12.0. The van der Waals surface area contributed by atoms with Gasteiger partial charge in [-0.3, -0.25) is 9.59 Å². The SMILES string of the molecule is CC(N)CCC(=O)Nc1ccc(NC(=O)CN(C)C)cc1. The molecule has 0 radical (unpaired) electrons. The molecule has 1 atom stereocenters. The number of nitrogens with two attached hydrogens (primary N) is 1. The van der Waals surface area contributed by atoms with E-state index in [4.69, 9.17) is 5.73 Å². The molecule has 0 aromatic heterocycles. The molecule has 0 heterocycles. The second kappa shape index (κ2) is 8.39. The Labute approximate surface area is 125 Å². The molecule has 1 rings (SSSR count). The zero-order valence-electron chi connectivity index (χ0n) is 12.8. The van der Waals surface area contributed by atoms with Crippen LogP contribution in [0.4, 0.5) is 11.4 Å². The van der Waals surface area contributed by atoms with Gasteiger partial charge in [-0.1, -0.05) is 0 Å². The summed E-state index contributed by atoms with van der Waals surface area (Å²) in [5.74, 6) is -0.134. The van der Waals surface area contributed by atoms with Gasteiger partial charge in [0.15, 0.2) is 0 Å². The number of carbonyl (C=O) groups is 2. The van der Waals surface area contributed by atoms with Crippen molar-refractivity contribution in [3.8, 4) is 0 Å². The molecule has 0 saturated carbocycles. The number of likely N-dealkylation sites (N-methyl/N-ethyl adjacent to an activating group) is 1. The Morgan fingerprint density at radius 3 is 2.00 bits per heavy atom. The summed E-state index contributed by atoms with van der Waals surface area (Å²) in [7, 11) is 3.67. The number of benzene rings is 1. The highest BCUT2D eigenvalue weighted by molar-refractivity contribution is 5.93. The second-order valence-electron chi connectivity index (χ2n) is 5.43. The van der Waals surface area contributed by atoms with E-state index in [-0.39, 0.29) is 17.9 Å². The predicted octanol–water partition coefficient (Wildman–Crippen LogP) is 1.25. The van der Waals surface area contributed by atoms with Crippen LogP contribution in [0.25, 0.3) is 0 Å². The van der Waals surface area contributed by atoms with Crippen LogP contribution in [-0.2, 0) is 9.59 Å². The van der Waals surface area contributed by atoms with Crippen LogP contribution in [0.1, 0.15) is 19.8 Å². The summed E-state index contributed by atoms with van der Waals surface area (Å²) in [6.07, 6.45) is 1.06. The van der Waals surface area contributed by atoms with E-state index in [0.29, 0.717) is 30.8 Å². The molecule has 6 heteroatoms. The Morgan fingerprint density at radius 1 is 1.10 bits per heavy atom. The zero-order chi connectivity index (χ0) is 15.8. The van der Waals surface area contributed by atoms with Crippen LogP contribution >= 0.6 is 0 Å². The molecular formula is C15H24N4O2. The quantitative estimate of drug-likeness (QED) is 0.706. The van der Waals surface area contributed by atoms with Crippen molar-refractivity contribution >= 4 is 23.2 Å². The number of hydrogen-bond donors (Lipinski definition) is 3. The predicted molar refractivity (Wildman–Crippen MR) is 85.1 cm³/mol. The van der Waals surface area contributed by atoms with Gasteiger partial charge in [-0.15, -0.1) is 0 Å². The highest BCUT2D eigenvalue weighted by Crippen LogP contribution is 2.14. The standard InChI is InChI=1S/C15H24N4O2/c1-11(16)4-9-14(20)17-12-5-7-13(8-6-12)18-15(21)10-19(2)3/h5-8,11H,4,9-10,16H2,1-3H3,(H,17,20)(H,18,21). The first-order valence-electron chi connectivity index (χ1n) is 6.97. The van der Waals surface area contributed by atoms with Crippen LogP contribution in [-0.4, -0.2) is 43.4 Å². The minimum Gasteiger partial charge on any atom is -0.328 e. The summed E-state index contributed by atoms with van der Waals surface area (Å²) < 4.78 is 0. The van der Waals surface area contributed by atoms with Gasteiger partial charge in [-0.05, 0) is 51.7 Å². The van der Waals surface area contributed by atoms with Gasteiger partial charge in [-0.25, -0.2) is 0 Å². The van der Waals surface area contributed by atoms with Gasteiger partial charge in [0.25, 0.3) is 0 Å². The average Bonchev–Trinajstić information content (AvgIpc) is 2.37. The highest BCUT2D eigenvalue weighted by Gasteiger charge is 2.06. The van der Waals surface area contributed by atoms with Crippen LogP contribution in [0.3, 0.4) is 0 Å². The molecule has 6 nitrogen and oxygen atoms in total. The lowest BCUT2D eigenvalue weighted by Gasteiger charge is -2.11. The molecule has 0 spiro atoms. The lowest BCUT2D eigenvalue weighted by molar-refractivity contribution is -0.117. The first-order chi connectivity index (χ1) is 9.86. The number of nitrogens with zero attached hydrogens (tertiary/aromatic N) is 1. The molecule has 0 bridgehead atoms. The Hall–Kier alpha value is -1.92. The van der Waals surface area contributed by atoms with Crippen LogP contribution in [0.2, 0.25) is 0 Å². The van der Waals surface area contributed by atoms with E-state index < -0.39 is 0 Å². The topological polar surface area (TPSA) is 87.5 Å². The van der Waals surface area contributed by atoms with Gasteiger partial charge in [0.05, 0.1) is 6.54 Å². The third-order valence-corrected chi connectivity index (χ3v) is 2.74. The van der Waals surface area contributed by atoms with Crippen molar-refractivity contribution in [3.63, 3.8) is 0 Å². The van der Waals surface area contributed by atoms with Crippen molar-refractivity contribution in [2.45, 2.75) is 25.8 Å². The fraction of sp³-hybridized carbons (Fsp3) is 0.467. The van der Waals surface area contributed by atoms with E-state index in [0.717, 1.165) is 0 Å². The van der Waals surface area contributed by atoms with Crippen LogP contribution in [0, 0.1) is 0 Å². The highest BCUT2D eigenvalue weighted by atomic mass is 16.2. The number of anilines is 2. The molecule has 1 aromatic rings. The molecule has 21 heavy (non-hydrogen) atoms. The molecule has 0 aliphatic carbocycles. The third kappa shape index (κ3) is 7.43. The molecule has 116 valence electrons. The Balaban J connectivity index is 2.46. The van der Waals surface area contributed by atoms with Crippen molar-refractivity contribution in [1.82, 2.24) is 4.90 Å². The molecule has 0 fully saturated rings. The largest absolute Gasteiger partial charge is 0.328 e. The van der Waals surface area contributed by atoms with Crippen LogP contribution in [0.15, 0.2) is 24.3 Å². The zero-order valence-corrected chi connectivity index (χ0v) is 12.8. The van der Waals surface area contributed by atoms with Crippen molar-refractivity contribution in [2.24, 2.45) is 5.73 Å². The Bertz CT molecular complexity index is 469. The molecule has 1 aromatic carbocycles. The maximum Gasteiger partial charge on any atom is 0.238 e. The van der Waals surface area contributed by atoms with E-state index in [1.165, 1.54) is 0 Å². The van der Waals surface area contributed by atoms with E-state index >= 15 is 0 Å². The van der Waals surface area contributed by atoms with Crippen LogP contribution < -0.4 is 16.4 Å². The average molecular weight is 292 g/mol. The summed E-state index contributed by atoms with van der Waals surface area (Å²) in [4.78, 5) is 25.1. The molecular weight excluding hydrogens is 268 g/mol. The first kappa shape index (κ1) is 17.1. The fourth-order valence-corrected chi connectivity index (χ4v) is 1.71. The maximum absolute atomic E-state index is 11.7. The Morgan fingerprint density at radius 2 is 1.57 bits per heavy atom. The molecule has 4 N–H and O–H groups in total. The number of rotatable bonds is 7. The minimum absolute atomic E-state index is 0.0186. The molecule has 0 saturated heterocycles. The second-order valence-corrected chi connectivity index (χ2v) is 5.43. The van der Waals surface area contributed by atoms with Crippen molar-refractivity contribution < 1.29 is 9.59 Å². The first-order valence-corrected chi connectivity index (χ1v) is 6.97. The summed E-state index contributed by atoms with van der Waals surface area (Å²) >= 11 is 0. The lowest BCUT2D eigenvalue weighted by Crippen LogP contribution is -2.27. The van der Waals surface area contributed by atoms with E-state index in [1.54, 1.807) is 29.2 Å². The van der Waals surface area contributed by atoms with Gasteiger partial charge >= 0.3 is 0 Å². The monoisotopic (exact) mass is 292 g/mol. The number of nitrogens with one attached hydrogen (secondary N) is 2. The molecule has 1 unspecified atom stereocenters. The van der Waals surface area contributed by atoms with Gasteiger partial charge < -0.3 is 21.3 Å². The van der Waals surface area contributed by atoms with Gasteiger partial charge in [-0.2, -0.15) is 0 Å². The van der Waals surface area contributed by atoms with Gasteiger partial charge in [0.1, 0.15) is 0 Å². The number of hydrogen-bond acceptors (Lipinski definition) is 4.